The molecule has 2 aromatic carbocycles. The normalized spacial score (nSPS) is 18.5. The standard InChI is InChI=1S/C36H39N7O5S2/c1-39-24-27(21-38-39)33-30(26-13-11-25(12-14-26)23-41-17-19-42(20-18-41)49(3,45)46)31-32-29(40(2)35(44)36(32)15-7-8-16-36)22-37-34(31)43(33)50(47,48)28-9-5-4-6-10-28/h4-6,9-14,21-22,24H,7-8,15-20,23H2,1-3H3. The largest absolute Gasteiger partial charge is 0.313 e. The molecule has 1 saturated carbocycles. The lowest BCUT2D eigenvalue weighted by molar-refractivity contribution is -0.122. The average Bonchev–Trinajstić information content (AvgIpc) is 3.88. The highest BCUT2D eigenvalue weighted by atomic mass is 32.2. The number of benzene rings is 2. The van der Waals surface area contributed by atoms with Crippen molar-refractivity contribution in [2.24, 2.45) is 7.05 Å². The smallest absolute Gasteiger partial charge is 0.269 e. The third-order valence-corrected chi connectivity index (χ3v) is 13.6. The van der Waals surface area contributed by atoms with Gasteiger partial charge in [0.1, 0.15) is 0 Å². The number of pyridine rings is 1. The number of aromatic nitrogens is 4. The van der Waals surface area contributed by atoms with Crippen molar-refractivity contribution in [1.82, 2.24) is 27.9 Å². The number of anilines is 1. The number of carbonyl (C=O) groups excluding carboxylic acids is 1. The van der Waals surface area contributed by atoms with E-state index in [0.717, 1.165) is 29.5 Å². The zero-order valence-electron chi connectivity index (χ0n) is 28.3. The van der Waals surface area contributed by atoms with Crippen LogP contribution in [0.15, 0.2) is 78.1 Å². The average molecular weight is 714 g/mol. The van der Waals surface area contributed by atoms with Gasteiger partial charge < -0.3 is 4.90 Å². The van der Waals surface area contributed by atoms with Gasteiger partial charge in [-0.15, -0.1) is 0 Å². The maximum absolute atomic E-state index is 14.8. The Morgan fingerprint density at radius 3 is 2.14 bits per heavy atom. The Bertz CT molecular complexity index is 2350. The summed E-state index contributed by atoms with van der Waals surface area (Å²) in [6, 6.07) is 16.5. The molecule has 50 heavy (non-hydrogen) atoms. The van der Waals surface area contributed by atoms with Crippen molar-refractivity contribution in [2.45, 2.75) is 42.5 Å². The zero-order valence-corrected chi connectivity index (χ0v) is 29.9. The number of hydrogen-bond acceptors (Lipinski definition) is 8. The molecule has 5 heterocycles. The summed E-state index contributed by atoms with van der Waals surface area (Å²) in [5.74, 6) is 0.0261. The Morgan fingerprint density at radius 1 is 0.840 bits per heavy atom. The van der Waals surface area contributed by atoms with Crippen LogP contribution in [0.5, 0.6) is 0 Å². The first-order valence-corrected chi connectivity index (χ1v) is 20.1. The molecule has 2 aliphatic heterocycles. The van der Waals surface area contributed by atoms with Crippen LogP contribution in [0.25, 0.3) is 33.4 Å². The molecule has 0 unspecified atom stereocenters. The van der Waals surface area contributed by atoms with Crippen molar-refractivity contribution in [2.75, 3.05) is 44.4 Å². The van der Waals surface area contributed by atoms with E-state index in [-0.39, 0.29) is 16.4 Å². The maximum atomic E-state index is 14.8. The van der Waals surface area contributed by atoms with Gasteiger partial charge in [-0.3, -0.25) is 14.4 Å². The van der Waals surface area contributed by atoms with Crippen LogP contribution in [0.1, 0.15) is 36.8 Å². The molecular formula is C36H39N7O5S2. The molecule has 0 radical (unpaired) electrons. The van der Waals surface area contributed by atoms with Crippen LogP contribution in [0.3, 0.4) is 0 Å². The number of likely N-dealkylation sites (N-methyl/N-ethyl adjacent to an activating group) is 1. The molecule has 1 saturated heterocycles. The molecule has 12 nitrogen and oxygen atoms in total. The molecule has 260 valence electrons. The van der Waals surface area contributed by atoms with Crippen LogP contribution >= 0.6 is 0 Å². The lowest BCUT2D eigenvalue weighted by atomic mass is 9.78. The minimum atomic E-state index is -4.18. The van der Waals surface area contributed by atoms with E-state index in [9.17, 15) is 21.6 Å². The Morgan fingerprint density at radius 2 is 1.52 bits per heavy atom. The van der Waals surface area contributed by atoms with Crippen LogP contribution in [0.4, 0.5) is 5.69 Å². The van der Waals surface area contributed by atoms with Gasteiger partial charge in [-0.1, -0.05) is 55.3 Å². The Labute approximate surface area is 292 Å². The number of sulfonamides is 1. The highest BCUT2D eigenvalue weighted by molar-refractivity contribution is 7.90. The number of piperazine rings is 1. The molecule has 0 bridgehead atoms. The molecule has 2 fully saturated rings. The second kappa shape index (κ2) is 11.9. The number of fused-ring (bicyclic) bond motifs is 4. The van der Waals surface area contributed by atoms with Crippen molar-refractivity contribution < 1.29 is 21.6 Å². The topological polar surface area (TPSA) is 131 Å². The van der Waals surface area contributed by atoms with Gasteiger partial charge in [0, 0.05) is 75.1 Å². The Balaban J connectivity index is 1.35. The van der Waals surface area contributed by atoms with Gasteiger partial charge in [0.2, 0.25) is 15.9 Å². The molecule has 1 aliphatic carbocycles. The second-order valence-electron chi connectivity index (χ2n) is 13.7. The molecular weight excluding hydrogens is 675 g/mol. The van der Waals surface area contributed by atoms with Crippen LogP contribution in [0.2, 0.25) is 0 Å². The summed E-state index contributed by atoms with van der Waals surface area (Å²) in [5.41, 5.74) is 4.68. The number of aryl methyl sites for hydroxylation is 1. The third kappa shape index (κ3) is 5.10. The Hall–Kier alpha value is -4.37. The van der Waals surface area contributed by atoms with Gasteiger partial charge in [0.15, 0.2) is 5.65 Å². The van der Waals surface area contributed by atoms with Crippen LogP contribution in [-0.4, -0.2) is 90.2 Å². The lowest BCUT2D eigenvalue weighted by Gasteiger charge is -2.33. The van der Waals surface area contributed by atoms with Crippen molar-refractivity contribution in [3.8, 4) is 22.4 Å². The van der Waals surface area contributed by atoms with Crippen LogP contribution in [-0.2, 0) is 43.8 Å². The molecule has 14 heteroatoms. The summed E-state index contributed by atoms with van der Waals surface area (Å²) < 4.78 is 58.1. The predicted octanol–water partition coefficient (Wildman–Crippen LogP) is 4.21. The van der Waals surface area contributed by atoms with E-state index in [1.54, 1.807) is 66.4 Å². The summed E-state index contributed by atoms with van der Waals surface area (Å²) in [5, 5.41) is 5.11. The maximum Gasteiger partial charge on any atom is 0.269 e. The minimum Gasteiger partial charge on any atom is -0.313 e. The number of rotatable bonds is 7. The predicted molar refractivity (Wildman–Crippen MR) is 192 cm³/mol. The fraction of sp³-hybridized carbons (Fsp3) is 0.361. The highest BCUT2D eigenvalue weighted by Gasteiger charge is 2.53. The summed E-state index contributed by atoms with van der Waals surface area (Å²) in [6.07, 6.45) is 9.57. The molecule has 0 N–H and O–H groups in total. The van der Waals surface area contributed by atoms with E-state index < -0.39 is 25.5 Å². The van der Waals surface area contributed by atoms with Crippen molar-refractivity contribution >= 4 is 42.7 Å². The van der Waals surface area contributed by atoms with E-state index >= 15 is 0 Å². The number of amides is 1. The number of carbonyl (C=O) groups is 1. The first-order chi connectivity index (χ1) is 23.9. The molecule has 3 aromatic heterocycles. The molecule has 3 aliphatic rings. The fourth-order valence-corrected chi connectivity index (χ4v) is 10.5. The fourth-order valence-electron chi connectivity index (χ4n) is 8.20. The molecule has 1 amide bonds. The third-order valence-electron chi connectivity index (χ3n) is 10.6. The summed E-state index contributed by atoms with van der Waals surface area (Å²) in [6.45, 7) is 2.82. The van der Waals surface area contributed by atoms with Gasteiger partial charge in [0.25, 0.3) is 10.0 Å². The first kappa shape index (κ1) is 32.8. The van der Waals surface area contributed by atoms with Crippen LogP contribution in [0, 0.1) is 0 Å². The summed E-state index contributed by atoms with van der Waals surface area (Å²) >= 11 is 0. The first-order valence-electron chi connectivity index (χ1n) is 16.8. The van der Waals surface area contributed by atoms with E-state index in [1.165, 1.54) is 14.5 Å². The van der Waals surface area contributed by atoms with Gasteiger partial charge in [-0.2, -0.15) is 9.40 Å². The summed E-state index contributed by atoms with van der Waals surface area (Å²) in [4.78, 5) is 23.0. The number of hydrogen-bond donors (Lipinski definition) is 0. The number of nitrogens with zero attached hydrogens (tertiary/aromatic N) is 7. The van der Waals surface area contributed by atoms with Crippen molar-refractivity contribution in [1.29, 1.82) is 0 Å². The highest BCUT2D eigenvalue weighted by Crippen LogP contribution is 2.56. The summed E-state index contributed by atoms with van der Waals surface area (Å²) in [7, 11) is -3.82. The van der Waals surface area contributed by atoms with Gasteiger partial charge >= 0.3 is 0 Å². The molecule has 1 spiro atoms. The van der Waals surface area contributed by atoms with Crippen molar-refractivity contribution in [3.05, 3.63) is 84.3 Å². The lowest BCUT2D eigenvalue weighted by Crippen LogP contribution is -2.47. The minimum absolute atomic E-state index is 0.0261. The van der Waals surface area contributed by atoms with E-state index in [2.05, 4.69) is 10.00 Å². The quantitative estimate of drug-likeness (QED) is 0.245. The van der Waals surface area contributed by atoms with Crippen LogP contribution < -0.4 is 4.90 Å². The van der Waals surface area contributed by atoms with Crippen molar-refractivity contribution in [3.63, 3.8) is 0 Å². The molecule has 8 rings (SSSR count). The van der Waals surface area contributed by atoms with Gasteiger partial charge in [0.05, 0.1) is 40.3 Å². The zero-order chi connectivity index (χ0) is 35.0. The SMILES string of the molecule is CN1C(=O)C2(CCCC2)c2c1cnc1c2c(-c2ccc(CN3CCN(S(C)(=O)=O)CC3)cc2)c(-c2cnn(C)c2)n1S(=O)(=O)c1ccccc1. The van der Waals surface area contributed by atoms with E-state index in [4.69, 9.17) is 4.98 Å². The monoisotopic (exact) mass is 713 g/mol. The van der Waals surface area contributed by atoms with E-state index in [0.29, 0.717) is 73.5 Å². The molecule has 5 aromatic rings. The molecule has 0 atom stereocenters. The van der Waals surface area contributed by atoms with E-state index in [1.807, 2.05) is 30.5 Å². The Kier molecular flexibility index (Phi) is 7.78. The van der Waals surface area contributed by atoms with Gasteiger partial charge in [-0.25, -0.2) is 25.8 Å². The van der Waals surface area contributed by atoms with Gasteiger partial charge in [-0.05, 0) is 36.1 Å². The second-order valence-corrected chi connectivity index (χ2v) is 17.5.